The van der Waals surface area contributed by atoms with E-state index in [0.29, 0.717) is 11.5 Å². The van der Waals surface area contributed by atoms with Crippen LogP contribution in [0.4, 0.5) is 5.69 Å². The number of nitrogens with zero attached hydrogens (tertiary/aromatic N) is 1. The van der Waals surface area contributed by atoms with Crippen molar-refractivity contribution in [1.82, 2.24) is 4.90 Å². The topological polar surface area (TPSA) is 32.3 Å². The Morgan fingerprint density at radius 2 is 2.15 bits per heavy atom. The zero-order valence-electron chi connectivity index (χ0n) is 12.8. The van der Waals surface area contributed by atoms with Crippen LogP contribution in [-0.2, 0) is 0 Å². The van der Waals surface area contributed by atoms with E-state index in [1.54, 1.807) is 19.0 Å². The van der Waals surface area contributed by atoms with Crippen molar-refractivity contribution in [2.45, 2.75) is 26.3 Å². The van der Waals surface area contributed by atoms with Gasteiger partial charge in [0.1, 0.15) is 0 Å². The molecule has 0 spiro atoms. The molecule has 1 N–H and O–H groups in total. The molecule has 0 bridgehead atoms. The molecule has 1 fully saturated rings. The Hall–Kier alpha value is -1.16. The van der Waals surface area contributed by atoms with E-state index in [-0.39, 0.29) is 5.91 Å². The van der Waals surface area contributed by atoms with Crippen LogP contribution in [0, 0.1) is 5.41 Å². The summed E-state index contributed by atoms with van der Waals surface area (Å²) in [5, 5.41) is 3.58. The molecule has 1 amide bonds. The third-order valence-electron chi connectivity index (χ3n) is 3.50. The number of anilines is 1. The van der Waals surface area contributed by atoms with E-state index in [4.69, 9.17) is 0 Å². The largest absolute Gasteiger partial charge is 0.381 e. The minimum Gasteiger partial charge on any atom is -0.381 e. The second-order valence-corrected chi connectivity index (χ2v) is 7.54. The van der Waals surface area contributed by atoms with Gasteiger partial charge in [-0.15, -0.1) is 0 Å². The van der Waals surface area contributed by atoms with Crippen LogP contribution in [0.15, 0.2) is 24.3 Å². The molecule has 0 aliphatic carbocycles. The number of benzene rings is 1. The zero-order valence-corrected chi connectivity index (χ0v) is 13.6. The molecule has 0 radical (unpaired) electrons. The Kier molecular flexibility index (Phi) is 4.63. The molecule has 3 nitrogen and oxygen atoms in total. The van der Waals surface area contributed by atoms with Crippen LogP contribution >= 0.6 is 11.8 Å². The molecule has 1 aromatic carbocycles. The van der Waals surface area contributed by atoms with Crippen LogP contribution in [0.3, 0.4) is 0 Å². The Bertz CT molecular complexity index is 485. The highest BCUT2D eigenvalue weighted by Crippen LogP contribution is 2.34. The van der Waals surface area contributed by atoms with E-state index in [1.807, 2.05) is 36.0 Å². The van der Waals surface area contributed by atoms with Crippen molar-refractivity contribution in [3.8, 4) is 0 Å². The lowest BCUT2D eigenvalue weighted by molar-refractivity contribution is 0.0827. The molecule has 1 aromatic rings. The lowest BCUT2D eigenvalue weighted by Gasteiger charge is -2.35. The fourth-order valence-corrected chi connectivity index (χ4v) is 3.86. The molecule has 20 heavy (non-hydrogen) atoms. The number of nitrogens with one attached hydrogen (secondary N) is 1. The third-order valence-corrected chi connectivity index (χ3v) is 5.12. The lowest BCUT2D eigenvalue weighted by Crippen LogP contribution is -2.35. The van der Waals surface area contributed by atoms with Crippen LogP contribution in [-0.4, -0.2) is 42.4 Å². The minimum atomic E-state index is 0.0481. The summed E-state index contributed by atoms with van der Waals surface area (Å²) in [5.41, 5.74) is 2.17. The summed E-state index contributed by atoms with van der Waals surface area (Å²) in [4.78, 5) is 13.6. The predicted molar refractivity (Wildman–Crippen MR) is 87.6 cm³/mol. The highest BCUT2D eigenvalue weighted by atomic mass is 32.2. The van der Waals surface area contributed by atoms with E-state index in [2.05, 4.69) is 19.2 Å². The van der Waals surface area contributed by atoms with E-state index < -0.39 is 0 Å². The van der Waals surface area contributed by atoms with Gasteiger partial charge < -0.3 is 10.2 Å². The van der Waals surface area contributed by atoms with Crippen LogP contribution in [0.5, 0.6) is 0 Å². The first-order valence-corrected chi connectivity index (χ1v) is 8.19. The second kappa shape index (κ2) is 6.08. The fraction of sp³-hybridized carbons (Fsp3) is 0.562. The first-order chi connectivity index (χ1) is 9.37. The molecular formula is C16H24N2OS. The quantitative estimate of drug-likeness (QED) is 0.927. The molecule has 1 atom stereocenters. The summed E-state index contributed by atoms with van der Waals surface area (Å²) in [6, 6.07) is 8.29. The molecule has 2 rings (SSSR count). The Morgan fingerprint density at radius 1 is 1.40 bits per heavy atom. The summed E-state index contributed by atoms with van der Waals surface area (Å²) in [7, 11) is 3.56. The number of carbonyl (C=O) groups is 1. The Labute approximate surface area is 126 Å². The first kappa shape index (κ1) is 15.2. The molecular weight excluding hydrogens is 268 g/mol. The second-order valence-electron chi connectivity index (χ2n) is 6.51. The Morgan fingerprint density at radius 3 is 2.80 bits per heavy atom. The van der Waals surface area contributed by atoms with Crippen LogP contribution in [0.25, 0.3) is 0 Å². The average Bonchev–Trinajstić information content (AvgIpc) is 2.37. The average molecular weight is 292 g/mol. The van der Waals surface area contributed by atoms with Crippen molar-refractivity contribution in [3.05, 3.63) is 29.8 Å². The van der Waals surface area contributed by atoms with Crippen molar-refractivity contribution in [2.24, 2.45) is 5.41 Å². The SMILES string of the molecule is CN(C)C(=O)c1cccc(NC2CSCC(C)(C)C2)c1. The van der Waals surface area contributed by atoms with Gasteiger partial charge in [0.2, 0.25) is 0 Å². The summed E-state index contributed by atoms with van der Waals surface area (Å²) in [5.74, 6) is 2.41. The minimum absolute atomic E-state index is 0.0481. The van der Waals surface area contributed by atoms with Gasteiger partial charge in [0.25, 0.3) is 5.91 Å². The van der Waals surface area contributed by atoms with Gasteiger partial charge >= 0.3 is 0 Å². The number of hydrogen-bond acceptors (Lipinski definition) is 3. The van der Waals surface area contributed by atoms with E-state index >= 15 is 0 Å². The molecule has 4 heteroatoms. The van der Waals surface area contributed by atoms with E-state index in [9.17, 15) is 4.79 Å². The van der Waals surface area contributed by atoms with Crippen molar-refractivity contribution < 1.29 is 4.79 Å². The summed E-state index contributed by atoms with van der Waals surface area (Å²) in [6.45, 7) is 4.64. The van der Waals surface area contributed by atoms with Gasteiger partial charge in [-0.1, -0.05) is 19.9 Å². The molecule has 1 aliphatic heterocycles. The highest BCUT2D eigenvalue weighted by molar-refractivity contribution is 7.99. The number of carbonyl (C=O) groups excluding carboxylic acids is 1. The smallest absolute Gasteiger partial charge is 0.253 e. The maximum Gasteiger partial charge on any atom is 0.253 e. The fourth-order valence-electron chi connectivity index (χ4n) is 2.59. The van der Waals surface area contributed by atoms with Gasteiger partial charge in [-0.3, -0.25) is 4.79 Å². The van der Waals surface area contributed by atoms with Crippen molar-refractivity contribution in [2.75, 3.05) is 30.9 Å². The molecule has 0 aromatic heterocycles. The predicted octanol–water partition coefficient (Wildman–Crippen LogP) is 3.33. The molecule has 1 saturated heterocycles. The van der Waals surface area contributed by atoms with Gasteiger partial charge in [0.05, 0.1) is 0 Å². The number of amides is 1. The van der Waals surface area contributed by atoms with Crippen molar-refractivity contribution >= 4 is 23.4 Å². The van der Waals surface area contributed by atoms with Crippen LogP contribution in [0.1, 0.15) is 30.6 Å². The van der Waals surface area contributed by atoms with E-state index in [0.717, 1.165) is 17.0 Å². The molecule has 1 aliphatic rings. The first-order valence-electron chi connectivity index (χ1n) is 7.03. The van der Waals surface area contributed by atoms with Gasteiger partial charge in [0.15, 0.2) is 0 Å². The van der Waals surface area contributed by atoms with Gasteiger partial charge in [0, 0.05) is 37.1 Å². The highest BCUT2D eigenvalue weighted by Gasteiger charge is 2.28. The van der Waals surface area contributed by atoms with Gasteiger partial charge in [-0.05, 0) is 35.8 Å². The molecule has 1 heterocycles. The summed E-state index contributed by atoms with van der Waals surface area (Å²) < 4.78 is 0. The lowest BCUT2D eigenvalue weighted by atomic mass is 9.88. The van der Waals surface area contributed by atoms with Crippen molar-refractivity contribution in [3.63, 3.8) is 0 Å². The molecule has 0 saturated carbocycles. The summed E-state index contributed by atoms with van der Waals surface area (Å²) >= 11 is 2.01. The number of thioether (sulfide) groups is 1. The Balaban J connectivity index is 2.06. The van der Waals surface area contributed by atoms with E-state index in [1.165, 1.54) is 12.2 Å². The molecule has 110 valence electrons. The van der Waals surface area contributed by atoms with Crippen LogP contribution in [0.2, 0.25) is 0 Å². The maximum atomic E-state index is 12.0. The standard InChI is InChI=1S/C16H24N2OS/c1-16(2)9-14(10-20-11-16)17-13-7-5-6-12(8-13)15(19)18(3)4/h5-8,14,17H,9-11H2,1-4H3. The van der Waals surface area contributed by atoms with Crippen LogP contribution < -0.4 is 5.32 Å². The number of hydrogen-bond donors (Lipinski definition) is 1. The normalized spacial score (nSPS) is 21.3. The summed E-state index contributed by atoms with van der Waals surface area (Å²) in [6.07, 6.45) is 1.17. The maximum absolute atomic E-state index is 12.0. The van der Waals surface area contributed by atoms with Crippen molar-refractivity contribution in [1.29, 1.82) is 0 Å². The van der Waals surface area contributed by atoms with Gasteiger partial charge in [-0.2, -0.15) is 11.8 Å². The van der Waals surface area contributed by atoms with Gasteiger partial charge in [-0.25, -0.2) is 0 Å². The zero-order chi connectivity index (χ0) is 14.8. The third kappa shape index (κ3) is 3.92. The molecule has 1 unspecified atom stereocenters. The monoisotopic (exact) mass is 292 g/mol. The number of rotatable bonds is 3.